The number of para-hydroxylation sites is 2. The van der Waals surface area contributed by atoms with Crippen molar-refractivity contribution in [1.82, 2.24) is 5.32 Å². The van der Waals surface area contributed by atoms with Gasteiger partial charge in [-0.25, -0.2) is 13.6 Å². The molecule has 0 aliphatic heterocycles. The summed E-state index contributed by atoms with van der Waals surface area (Å²) in [4.78, 5) is 23.6. The maximum Gasteiger partial charge on any atom is 0.302 e. The Labute approximate surface area is 193 Å². The number of benzene rings is 2. The summed E-state index contributed by atoms with van der Waals surface area (Å²) in [5, 5.41) is 8.00. The molecule has 0 aromatic heterocycles. The maximum absolute atomic E-state index is 12.5. The minimum Gasteiger partial charge on any atom is -0.495 e. The number of carbonyl (C=O) groups is 2. The van der Waals surface area contributed by atoms with Crippen LogP contribution in [-0.2, 0) is 30.8 Å². The zero-order valence-corrected chi connectivity index (χ0v) is 19.5. The zero-order valence-electron chi connectivity index (χ0n) is 18.7. The van der Waals surface area contributed by atoms with Crippen LogP contribution in [-0.4, -0.2) is 53.3 Å². The van der Waals surface area contributed by atoms with Gasteiger partial charge in [-0.1, -0.05) is 18.2 Å². The summed E-state index contributed by atoms with van der Waals surface area (Å²) in [5.41, 5.74) is 0.542. The predicted molar refractivity (Wildman–Crippen MR) is 120 cm³/mol. The lowest BCUT2D eigenvalue weighted by Crippen LogP contribution is -2.42. The molecule has 0 radical (unpaired) electrons. The van der Waals surface area contributed by atoms with Crippen LogP contribution < -0.4 is 24.7 Å². The van der Waals surface area contributed by atoms with Crippen LogP contribution in [0.3, 0.4) is 0 Å². The summed E-state index contributed by atoms with van der Waals surface area (Å²) in [7, 11) is -2.70. The van der Waals surface area contributed by atoms with Crippen molar-refractivity contribution in [2.75, 3.05) is 26.9 Å². The molecule has 33 heavy (non-hydrogen) atoms. The normalized spacial score (nSPS) is 11.9. The van der Waals surface area contributed by atoms with E-state index in [1.165, 1.54) is 26.2 Å². The minimum absolute atomic E-state index is 0.100. The summed E-state index contributed by atoms with van der Waals surface area (Å²) >= 11 is 0. The SMILES string of the molecule is CCOc1ccccc1OCC(=O)NC(COC(C)=O)Cc1ccc(OC)c(S(N)(=O)=O)c1. The number of amides is 1. The molecule has 1 unspecified atom stereocenters. The molecule has 10 nitrogen and oxygen atoms in total. The molecule has 0 fully saturated rings. The van der Waals surface area contributed by atoms with Crippen LogP contribution in [0.25, 0.3) is 0 Å². The molecule has 1 atom stereocenters. The first-order valence-electron chi connectivity index (χ1n) is 10.1. The summed E-state index contributed by atoms with van der Waals surface area (Å²) < 4.78 is 44.9. The van der Waals surface area contributed by atoms with Crippen LogP contribution in [0, 0.1) is 0 Å². The van der Waals surface area contributed by atoms with Crippen LogP contribution in [0.15, 0.2) is 47.4 Å². The third kappa shape index (κ3) is 8.28. The average molecular weight is 481 g/mol. The quantitative estimate of drug-likeness (QED) is 0.434. The molecular formula is C22H28N2O8S. The molecule has 0 saturated carbocycles. The summed E-state index contributed by atoms with van der Waals surface area (Å²) in [5.74, 6) is 0.0509. The molecule has 2 aromatic carbocycles. The first kappa shape index (κ1) is 25.9. The van der Waals surface area contributed by atoms with E-state index in [2.05, 4.69) is 5.32 Å². The van der Waals surface area contributed by atoms with Gasteiger partial charge in [-0.2, -0.15) is 0 Å². The first-order valence-corrected chi connectivity index (χ1v) is 11.7. The number of carbonyl (C=O) groups excluding carboxylic acids is 2. The lowest BCUT2D eigenvalue weighted by Gasteiger charge is -2.20. The Bertz CT molecular complexity index is 1070. The fraction of sp³-hybridized carbons (Fsp3) is 0.364. The molecule has 180 valence electrons. The molecule has 3 N–H and O–H groups in total. The van der Waals surface area contributed by atoms with Gasteiger partial charge in [0.25, 0.3) is 5.91 Å². The van der Waals surface area contributed by atoms with Crippen LogP contribution in [0.5, 0.6) is 17.2 Å². The number of nitrogens with one attached hydrogen (secondary N) is 1. The summed E-state index contributed by atoms with van der Waals surface area (Å²) in [6.45, 7) is 3.11. The Morgan fingerprint density at radius 3 is 2.30 bits per heavy atom. The van der Waals surface area contributed by atoms with Gasteiger partial charge < -0.3 is 24.3 Å². The van der Waals surface area contributed by atoms with E-state index in [1.54, 1.807) is 30.3 Å². The molecule has 0 bridgehead atoms. The van der Waals surface area contributed by atoms with Crippen molar-refractivity contribution in [1.29, 1.82) is 0 Å². The largest absolute Gasteiger partial charge is 0.495 e. The van der Waals surface area contributed by atoms with Crippen LogP contribution >= 0.6 is 0 Å². The highest BCUT2D eigenvalue weighted by Gasteiger charge is 2.20. The second kappa shape index (κ2) is 12.1. The van der Waals surface area contributed by atoms with Crippen molar-refractivity contribution >= 4 is 21.9 Å². The van der Waals surface area contributed by atoms with E-state index in [9.17, 15) is 18.0 Å². The Balaban J connectivity index is 2.12. The predicted octanol–water partition coefficient (Wildman–Crippen LogP) is 1.41. The molecule has 11 heteroatoms. The number of hydrogen-bond donors (Lipinski definition) is 2. The molecule has 2 rings (SSSR count). The zero-order chi connectivity index (χ0) is 24.4. The second-order valence-electron chi connectivity index (χ2n) is 6.97. The van der Waals surface area contributed by atoms with Gasteiger partial charge in [0.1, 0.15) is 17.3 Å². The number of ether oxygens (including phenoxy) is 4. The van der Waals surface area contributed by atoms with Gasteiger partial charge >= 0.3 is 5.97 Å². The van der Waals surface area contributed by atoms with Crippen molar-refractivity contribution in [2.24, 2.45) is 5.14 Å². The van der Waals surface area contributed by atoms with Crippen LogP contribution in [0.1, 0.15) is 19.4 Å². The molecule has 0 aliphatic rings. The number of sulfonamides is 1. The number of methoxy groups -OCH3 is 1. The Morgan fingerprint density at radius 1 is 1.06 bits per heavy atom. The lowest BCUT2D eigenvalue weighted by atomic mass is 10.1. The van der Waals surface area contributed by atoms with Gasteiger partial charge in [0.15, 0.2) is 18.1 Å². The Morgan fingerprint density at radius 2 is 1.73 bits per heavy atom. The topological polar surface area (TPSA) is 143 Å². The van der Waals surface area contributed by atoms with Gasteiger partial charge in [-0.3, -0.25) is 9.59 Å². The third-order valence-corrected chi connectivity index (χ3v) is 5.31. The molecule has 2 aromatic rings. The van der Waals surface area contributed by atoms with Crippen molar-refractivity contribution in [3.05, 3.63) is 48.0 Å². The highest BCUT2D eigenvalue weighted by molar-refractivity contribution is 7.89. The van der Waals surface area contributed by atoms with Crippen LogP contribution in [0.2, 0.25) is 0 Å². The lowest BCUT2D eigenvalue weighted by molar-refractivity contribution is -0.142. The van der Waals surface area contributed by atoms with Crippen molar-refractivity contribution in [2.45, 2.75) is 31.2 Å². The van der Waals surface area contributed by atoms with E-state index < -0.39 is 27.9 Å². The van der Waals surface area contributed by atoms with Gasteiger partial charge in [0, 0.05) is 6.92 Å². The maximum atomic E-state index is 12.5. The van der Waals surface area contributed by atoms with Gasteiger partial charge in [-0.05, 0) is 43.2 Å². The van der Waals surface area contributed by atoms with E-state index in [4.69, 9.17) is 24.1 Å². The highest BCUT2D eigenvalue weighted by Crippen LogP contribution is 2.26. The first-order chi connectivity index (χ1) is 15.6. The molecular weight excluding hydrogens is 452 g/mol. The molecule has 0 saturated heterocycles. The highest BCUT2D eigenvalue weighted by atomic mass is 32.2. The number of hydrogen-bond acceptors (Lipinski definition) is 8. The molecule has 1 amide bonds. The van der Waals surface area contributed by atoms with Gasteiger partial charge in [-0.15, -0.1) is 0 Å². The van der Waals surface area contributed by atoms with Crippen LogP contribution in [0.4, 0.5) is 0 Å². The Kier molecular flexibility index (Phi) is 9.49. The second-order valence-corrected chi connectivity index (χ2v) is 8.50. The minimum atomic E-state index is -4.03. The van der Waals surface area contributed by atoms with E-state index in [0.29, 0.717) is 23.7 Å². The van der Waals surface area contributed by atoms with E-state index in [-0.39, 0.29) is 30.3 Å². The third-order valence-electron chi connectivity index (χ3n) is 4.38. The van der Waals surface area contributed by atoms with E-state index >= 15 is 0 Å². The van der Waals surface area contributed by atoms with Gasteiger partial charge in [0.2, 0.25) is 10.0 Å². The average Bonchev–Trinajstić information content (AvgIpc) is 2.76. The number of nitrogens with two attached hydrogens (primary N) is 1. The number of rotatable bonds is 12. The fourth-order valence-electron chi connectivity index (χ4n) is 2.98. The van der Waals surface area contributed by atoms with Crippen molar-refractivity contribution < 1.29 is 37.0 Å². The fourth-order valence-corrected chi connectivity index (χ4v) is 3.73. The number of primary sulfonamides is 1. The summed E-state index contributed by atoms with van der Waals surface area (Å²) in [6, 6.07) is 10.8. The molecule has 0 spiro atoms. The monoisotopic (exact) mass is 480 g/mol. The standard InChI is InChI=1S/C22H28N2O8S/c1-4-30-18-7-5-6-8-19(18)32-14-22(26)24-17(13-31-15(2)25)11-16-9-10-20(29-3)21(12-16)33(23,27)28/h5-10,12,17H,4,11,13-14H2,1-3H3,(H,24,26)(H2,23,27,28). The van der Waals surface area contributed by atoms with E-state index in [0.717, 1.165) is 0 Å². The molecule has 0 heterocycles. The van der Waals surface area contributed by atoms with Crippen molar-refractivity contribution in [3.8, 4) is 17.2 Å². The van der Waals surface area contributed by atoms with Gasteiger partial charge in [0.05, 0.1) is 19.8 Å². The van der Waals surface area contributed by atoms with E-state index in [1.807, 2.05) is 6.92 Å². The number of esters is 1. The van der Waals surface area contributed by atoms with Crippen molar-refractivity contribution in [3.63, 3.8) is 0 Å². The summed E-state index contributed by atoms with van der Waals surface area (Å²) in [6.07, 6.45) is 0.168. The smallest absolute Gasteiger partial charge is 0.302 e. The Hall–Kier alpha value is -3.31. The molecule has 0 aliphatic carbocycles.